The van der Waals surface area contributed by atoms with E-state index in [0.29, 0.717) is 22.3 Å². The van der Waals surface area contributed by atoms with Gasteiger partial charge in [-0.3, -0.25) is 4.79 Å². The molecule has 1 amide bonds. The first-order valence-corrected chi connectivity index (χ1v) is 8.29. The maximum absolute atomic E-state index is 12.0. The average molecular weight is 382 g/mol. The number of rotatable bonds is 7. The lowest BCUT2D eigenvalue weighted by Crippen LogP contribution is -2.36. The standard InChI is InChI=1S/C18H17Cl2NO4/c1-12(18(23)21-10-13-2-4-14(19)5-3-13)25-17(22)11-24-16-8-6-15(20)7-9-16/h2-9,12H,10-11H2,1H3,(H,21,23). The van der Waals surface area contributed by atoms with Crippen LogP contribution in [-0.2, 0) is 20.9 Å². The first-order valence-electron chi connectivity index (χ1n) is 7.54. The zero-order valence-electron chi connectivity index (χ0n) is 13.5. The average Bonchev–Trinajstić information content (AvgIpc) is 2.60. The second-order valence-electron chi connectivity index (χ2n) is 5.22. The molecule has 0 radical (unpaired) electrons. The minimum atomic E-state index is -0.923. The predicted octanol–water partition coefficient (Wildman–Crippen LogP) is 3.62. The molecular formula is C18H17Cl2NO4. The van der Waals surface area contributed by atoms with Gasteiger partial charge in [-0.2, -0.15) is 0 Å². The monoisotopic (exact) mass is 381 g/mol. The van der Waals surface area contributed by atoms with E-state index in [1.54, 1.807) is 48.5 Å². The Hall–Kier alpha value is -2.24. The van der Waals surface area contributed by atoms with E-state index >= 15 is 0 Å². The van der Waals surface area contributed by atoms with Gasteiger partial charge in [0.15, 0.2) is 12.7 Å². The summed E-state index contributed by atoms with van der Waals surface area (Å²) in [6.45, 7) is 1.52. The first kappa shape index (κ1) is 19.1. The summed E-state index contributed by atoms with van der Waals surface area (Å²) in [7, 11) is 0. The van der Waals surface area contributed by atoms with Crippen LogP contribution in [0.25, 0.3) is 0 Å². The summed E-state index contributed by atoms with van der Waals surface area (Å²) in [4.78, 5) is 23.7. The van der Waals surface area contributed by atoms with Gasteiger partial charge in [0.1, 0.15) is 5.75 Å². The Morgan fingerprint density at radius 2 is 1.56 bits per heavy atom. The van der Waals surface area contributed by atoms with Crippen molar-refractivity contribution in [3.8, 4) is 5.75 Å². The van der Waals surface area contributed by atoms with E-state index in [-0.39, 0.29) is 6.61 Å². The van der Waals surface area contributed by atoms with E-state index in [1.165, 1.54) is 6.92 Å². The number of benzene rings is 2. The Balaban J connectivity index is 1.72. The number of carbonyl (C=O) groups is 2. The number of carbonyl (C=O) groups excluding carboxylic acids is 2. The molecule has 0 heterocycles. The molecule has 0 spiro atoms. The van der Waals surface area contributed by atoms with Crippen LogP contribution in [0.3, 0.4) is 0 Å². The normalized spacial score (nSPS) is 11.5. The molecule has 0 aliphatic carbocycles. The fraction of sp³-hybridized carbons (Fsp3) is 0.222. The molecule has 0 bridgehead atoms. The highest BCUT2D eigenvalue weighted by Crippen LogP contribution is 2.15. The van der Waals surface area contributed by atoms with Crippen molar-refractivity contribution in [1.82, 2.24) is 5.32 Å². The minimum absolute atomic E-state index is 0.295. The van der Waals surface area contributed by atoms with Crippen LogP contribution >= 0.6 is 23.2 Å². The predicted molar refractivity (Wildman–Crippen MR) is 95.8 cm³/mol. The minimum Gasteiger partial charge on any atom is -0.482 e. The SMILES string of the molecule is CC(OC(=O)COc1ccc(Cl)cc1)C(=O)NCc1ccc(Cl)cc1. The van der Waals surface area contributed by atoms with Crippen molar-refractivity contribution in [2.75, 3.05) is 6.61 Å². The Labute approximate surface area is 155 Å². The number of halogens is 2. The molecule has 5 nitrogen and oxygen atoms in total. The molecule has 0 fully saturated rings. The molecule has 2 aromatic rings. The van der Waals surface area contributed by atoms with Gasteiger partial charge in [-0.25, -0.2) is 4.79 Å². The Bertz CT molecular complexity index is 717. The quantitative estimate of drug-likeness (QED) is 0.743. The number of ether oxygens (including phenoxy) is 2. The van der Waals surface area contributed by atoms with Crippen LogP contribution in [0.5, 0.6) is 5.75 Å². The van der Waals surface area contributed by atoms with Crippen molar-refractivity contribution in [1.29, 1.82) is 0 Å². The van der Waals surface area contributed by atoms with E-state index in [2.05, 4.69) is 5.32 Å². The highest BCUT2D eigenvalue weighted by molar-refractivity contribution is 6.30. The summed E-state index contributed by atoms with van der Waals surface area (Å²) in [5.74, 6) is -0.542. The van der Waals surface area contributed by atoms with Crippen molar-refractivity contribution in [3.05, 3.63) is 64.1 Å². The fourth-order valence-electron chi connectivity index (χ4n) is 1.89. The summed E-state index contributed by atoms with van der Waals surface area (Å²) in [5, 5.41) is 3.88. The third-order valence-corrected chi connectivity index (χ3v) is 3.73. The highest BCUT2D eigenvalue weighted by atomic mass is 35.5. The lowest BCUT2D eigenvalue weighted by Gasteiger charge is -2.14. The topological polar surface area (TPSA) is 64.6 Å². The number of amides is 1. The van der Waals surface area contributed by atoms with Crippen LogP contribution in [0.2, 0.25) is 10.0 Å². The molecule has 0 saturated carbocycles. The summed E-state index contributed by atoms with van der Waals surface area (Å²) in [5.41, 5.74) is 0.891. The van der Waals surface area contributed by atoms with Gasteiger partial charge in [0, 0.05) is 16.6 Å². The molecule has 25 heavy (non-hydrogen) atoms. The van der Waals surface area contributed by atoms with Crippen molar-refractivity contribution in [2.24, 2.45) is 0 Å². The molecule has 0 aromatic heterocycles. The van der Waals surface area contributed by atoms with E-state index in [0.717, 1.165) is 5.56 Å². The third kappa shape index (κ3) is 6.64. The van der Waals surface area contributed by atoms with Gasteiger partial charge in [0.2, 0.25) is 0 Å². The van der Waals surface area contributed by atoms with E-state index in [1.807, 2.05) is 0 Å². The Morgan fingerprint density at radius 1 is 1.00 bits per heavy atom. The third-order valence-electron chi connectivity index (χ3n) is 3.23. The Morgan fingerprint density at radius 3 is 2.16 bits per heavy atom. The van der Waals surface area contributed by atoms with Gasteiger partial charge in [-0.15, -0.1) is 0 Å². The number of nitrogens with one attached hydrogen (secondary N) is 1. The van der Waals surface area contributed by atoms with Crippen LogP contribution in [0, 0.1) is 0 Å². The molecule has 132 valence electrons. The van der Waals surface area contributed by atoms with Crippen molar-refractivity contribution in [3.63, 3.8) is 0 Å². The zero-order valence-corrected chi connectivity index (χ0v) is 15.0. The van der Waals surface area contributed by atoms with Crippen LogP contribution < -0.4 is 10.1 Å². The molecule has 0 saturated heterocycles. The lowest BCUT2D eigenvalue weighted by atomic mass is 10.2. The summed E-state index contributed by atoms with van der Waals surface area (Å²) in [6, 6.07) is 13.7. The highest BCUT2D eigenvalue weighted by Gasteiger charge is 2.17. The van der Waals surface area contributed by atoms with Crippen LogP contribution in [0.1, 0.15) is 12.5 Å². The molecule has 1 N–H and O–H groups in total. The molecule has 2 aromatic carbocycles. The molecule has 7 heteroatoms. The van der Waals surface area contributed by atoms with Gasteiger partial charge in [-0.1, -0.05) is 35.3 Å². The second-order valence-corrected chi connectivity index (χ2v) is 6.09. The largest absolute Gasteiger partial charge is 0.482 e. The van der Waals surface area contributed by atoms with Gasteiger partial charge < -0.3 is 14.8 Å². The van der Waals surface area contributed by atoms with Crippen molar-refractivity contribution >= 4 is 35.1 Å². The maximum Gasteiger partial charge on any atom is 0.344 e. The molecular weight excluding hydrogens is 365 g/mol. The second kappa shape index (κ2) is 9.30. The maximum atomic E-state index is 12.0. The van der Waals surface area contributed by atoms with Crippen molar-refractivity contribution in [2.45, 2.75) is 19.6 Å². The summed E-state index contributed by atoms with van der Waals surface area (Å²) in [6.07, 6.45) is -0.923. The van der Waals surface area contributed by atoms with E-state index < -0.39 is 18.0 Å². The van der Waals surface area contributed by atoms with Crippen LogP contribution in [-0.4, -0.2) is 24.6 Å². The number of esters is 1. The van der Waals surface area contributed by atoms with Crippen LogP contribution in [0.4, 0.5) is 0 Å². The van der Waals surface area contributed by atoms with E-state index in [9.17, 15) is 9.59 Å². The van der Waals surface area contributed by atoms with Gasteiger partial charge >= 0.3 is 5.97 Å². The molecule has 0 aliphatic rings. The van der Waals surface area contributed by atoms with E-state index in [4.69, 9.17) is 32.7 Å². The van der Waals surface area contributed by atoms with Gasteiger partial charge in [0.05, 0.1) is 0 Å². The van der Waals surface area contributed by atoms with Crippen LogP contribution in [0.15, 0.2) is 48.5 Å². The number of hydrogen-bond acceptors (Lipinski definition) is 4. The number of hydrogen-bond donors (Lipinski definition) is 1. The van der Waals surface area contributed by atoms with Gasteiger partial charge in [0.25, 0.3) is 5.91 Å². The van der Waals surface area contributed by atoms with Gasteiger partial charge in [-0.05, 0) is 48.9 Å². The zero-order chi connectivity index (χ0) is 18.2. The summed E-state index contributed by atoms with van der Waals surface area (Å²) >= 11 is 11.6. The molecule has 1 atom stereocenters. The fourth-order valence-corrected chi connectivity index (χ4v) is 2.14. The Kier molecular flexibility index (Phi) is 7.10. The lowest BCUT2D eigenvalue weighted by molar-refractivity contribution is -0.156. The first-order chi connectivity index (χ1) is 11.9. The molecule has 2 rings (SSSR count). The van der Waals surface area contributed by atoms with Crippen molar-refractivity contribution < 1.29 is 19.1 Å². The summed E-state index contributed by atoms with van der Waals surface area (Å²) < 4.78 is 10.3. The smallest absolute Gasteiger partial charge is 0.344 e. The molecule has 1 unspecified atom stereocenters. The molecule has 0 aliphatic heterocycles.